The van der Waals surface area contributed by atoms with Gasteiger partial charge in [0.05, 0.1) is 0 Å². The van der Waals surface area contributed by atoms with Gasteiger partial charge in [0, 0.05) is 12.1 Å². The summed E-state index contributed by atoms with van der Waals surface area (Å²) in [5, 5.41) is 3.41. The molecule has 1 aliphatic carbocycles. The molecule has 1 fully saturated rings. The van der Waals surface area contributed by atoms with E-state index in [0.717, 1.165) is 19.3 Å². The third-order valence-corrected chi connectivity index (χ3v) is 3.17. The Hall–Kier alpha value is -0.110. The van der Waals surface area contributed by atoms with E-state index >= 15 is 0 Å². The molecule has 3 atom stereocenters. The van der Waals surface area contributed by atoms with E-state index < -0.39 is 6.17 Å². The number of rotatable bonds is 6. The maximum atomic E-state index is 13.3. The van der Waals surface area contributed by atoms with E-state index in [1.165, 1.54) is 25.7 Å². The summed E-state index contributed by atoms with van der Waals surface area (Å²) in [5.74, 6) is 0. The summed E-state index contributed by atoms with van der Waals surface area (Å²) in [6.07, 6.45) is 7.28. The quantitative estimate of drug-likeness (QED) is 0.649. The molecule has 0 aliphatic heterocycles. The zero-order valence-corrected chi connectivity index (χ0v) is 9.56. The SMILES string of the molecule is CCCCCC(C)N[C@@H]1CCC[C@H]1F. The molecule has 1 nitrogen and oxygen atoms in total. The van der Waals surface area contributed by atoms with Gasteiger partial charge in [-0.1, -0.05) is 26.2 Å². The van der Waals surface area contributed by atoms with Gasteiger partial charge in [0.25, 0.3) is 0 Å². The highest BCUT2D eigenvalue weighted by atomic mass is 19.1. The molecule has 1 saturated carbocycles. The Morgan fingerprint density at radius 2 is 2.14 bits per heavy atom. The van der Waals surface area contributed by atoms with Crippen molar-refractivity contribution in [3.63, 3.8) is 0 Å². The van der Waals surface area contributed by atoms with Crippen molar-refractivity contribution in [2.24, 2.45) is 0 Å². The van der Waals surface area contributed by atoms with Crippen LogP contribution in [-0.4, -0.2) is 18.3 Å². The largest absolute Gasteiger partial charge is 0.309 e. The summed E-state index contributed by atoms with van der Waals surface area (Å²) in [6, 6.07) is 0.634. The van der Waals surface area contributed by atoms with Crippen LogP contribution >= 0.6 is 0 Å². The lowest BCUT2D eigenvalue weighted by Crippen LogP contribution is -2.39. The van der Waals surface area contributed by atoms with E-state index in [2.05, 4.69) is 19.2 Å². The fourth-order valence-corrected chi connectivity index (χ4v) is 2.25. The molecule has 0 aromatic carbocycles. The van der Waals surface area contributed by atoms with Crippen LogP contribution in [0.4, 0.5) is 4.39 Å². The Kier molecular flexibility index (Phi) is 5.46. The minimum Gasteiger partial charge on any atom is -0.309 e. The highest BCUT2D eigenvalue weighted by molar-refractivity contribution is 4.84. The van der Waals surface area contributed by atoms with Crippen LogP contribution in [0.3, 0.4) is 0 Å². The minimum absolute atomic E-state index is 0.145. The van der Waals surface area contributed by atoms with E-state index in [4.69, 9.17) is 0 Å². The van der Waals surface area contributed by atoms with Gasteiger partial charge in [-0.25, -0.2) is 4.39 Å². The fraction of sp³-hybridized carbons (Fsp3) is 1.00. The molecule has 0 saturated heterocycles. The van der Waals surface area contributed by atoms with Crippen molar-refractivity contribution in [3.8, 4) is 0 Å². The average Bonchev–Trinajstić information content (AvgIpc) is 2.52. The number of hydrogen-bond acceptors (Lipinski definition) is 1. The molecule has 1 aliphatic rings. The number of alkyl halides is 1. The van der Waals surface area contributed by atoms with Crippen molar-refractivity contribution in [2.75, 3.05) is 0 Å². The van der Waals surface area contributed by atoms with Gasteiger partial charge in [-0.15, -0.1) is 0 Å². The molecular weight excluding hydrogens is 177 g/mol. The van der Waals surface area contributed by atoms with Crippen molar-refractivity contribution in [1.82, 2.24) is 5.32 Å². The molecule has 0 radical (unpaired) electrons. The number of unbranched alkanes of at least 4 members (excludes halogenated alkanes) is 2. The summed E-state index contributed by atoms with van der Waals surface area (Å²) in [4.78, 5) is 0. The molecule has 1 rings (SSSR count). The summed E-state index contributed by atoms with van der Waals surface area (Å²) < 4.78 is 13.3. The van der Waals surface area contributed by atoms with Crippen LogP contribution in [0.1, 0.15) is 58.8 Å². The summed E-state index contributed by atoms with van der Waals surface area (Å²) >= 11 is 0. The normalized spacial score (nSPS) is 29.4. The third kappa shape index (κ3) is 3.95. The molecule has 0 spiro atoms. The lowest BCUT2D eigenvalue weighted by molar-refractivity contribution is 0.262. The first-order chi connectivity index (χ1) is 6.74. The number of hydrogen-bond donors (Lipinski definition) is 1. The zero-order valence-electron chi connectivity index (χ0n) is 9.56. The van der Waals surface area contributed by atoms with E-state index in [9.17, 15) is 4.39 Å². The predicted molar refractivity (Wildman–Crippen MR) is 59.3 cm³/mol. The Balaban J connectivity index is 2.09. The van der Waals surface area contributed by atoms with Gasteiger partial charge in [0.1, 0.15) is 6.17 Å². The second kappa shape index (κ2) is 6.39. The Bertz CT molecular complexity index is 149. The van der Waals surface area contributed by atoms with Gasteiger partial charge < -0.3 is 5.32 Å². The second-order valence-electron chi connectivity index (χ2n) is 4.62. The topological polar surface area (TPSA) is 12.0 Å². The van der Waals surface area contributed by atoms with Gasteiger partial charge in [0.2, 0.25) is 0 Å². The van der Waals surface area contributed by atoms with Crippen LogP contribution in [-0.2, 0) is 0 Å². The smallest absolute Gasteiger partial charge is 0.115 e. The van der Waals surface area contributed by atoms with Gasteiger partial charge in [-0.2, -0.15) is 0 Å². The van der Waals surface area contributed by atoms with E-state index in [0.29, 0.717) is 6.04 Å². The van der Waals surface area contributed by atoms with Gasteiger partial charge in [-0.3, -0.25) is 0 Å². The molecule has 1 unspecified atom stereocenters. The maximum Gasteiger partial charge on any atom is 0.115 e. The van der Waals surface area contributed by atoms with E-state index in [-0.39, 0.29) is 6.04 Å². The molecular formula is C12H24FN. The van der Waals surface area contributed by atoms with Crippen molar-refractivity contribution in [3.05, 3.63) is 0 Å². The summed E-state index contributed by atoms with van der Waals surface area (Å²) in [7, 11) is 0. The van der Waals surface area contributed by atoms with Crippen LogP contribution < -0.4 is 5.32 Å². The molecule has 0 heterocycles. The van der Waals surface area contributed by atoms with Crippen LogP contribution in [0.25, 0.3) is 0 Å². The fourth-order valence-electron chi connectivity index (χ4n) is 2.25. The van der Waals surface area contributed by atoms with Gasteiger partial charge in [0.15, 0.2) is 0 Å². The zero-order chi connectivity index (χ0) is 10.4. The maximum absolute atomic E-state index is 13.3. The molecule has 2 heteroatoms. The minimum atomic E-state index is -0.594. The van der Waals surface area contributed by atoms with Crippen LogP contribution in [0, 0.1) is 0 Å². The van der Waals surface area contributed by atoms with Crippen molar-refractivity contribution in [2.45, 2.75) is 77.0 Å². The first-order valence-corrected chi connectivity index (χ1v) is 6.14. The average molecular weight is 201 g/mol. The predicted octanol–water partition coefficient (Wildman–Crippen LogP) is 3.44. The van der Waals surface area contributed by atoms with Crippen LogP contribution in [0.2, 0.25) is 0 Å². The molecule has 0 aromatic heterocycles. The lowest BCUT2D eigenvalue weighted by Gasteiger charge is -2.20. The second-order valence-corrected chi connectivity index (χ2v) is 4.62. The highest BCUT2D eigenvalue weighted by Gasteiger charge is 2.27. The van der Waals surface area contributed by atoms with Crippen molar-refractivity contribution in [1.29, 1.82) is 0 Å². The van der Waals surface area contributed by atoms with Gasteiger partial charge in [-0.05, 0) is 32.6 Å². The molecule has 1 N–H and O–H groups in total. The van der Waals surface area contributed by atoms with E-state index in [1.54, 1.807) is 0 Å². The lowest BCUT2D eigenvalue weighted by atomic mass is 10.1. The van der Waals surface area contributed by atoms with Crippen LogP contribution in [0.5, 0.6) is 0 Å². The first kappa shape index (κ1) is 12.0. The Morgan fingerprint density at radius 1 is 1.36 bits per heavy atom. The third-order valence-electron chi connectivity index (χ3n) is 3.17. The van der Waals surface area contributed by atoms with Crippen molar-refractivity contribution < 1.29 is 4.39 Å². The number of nitrogens with one attached hydrogen (secondary N) is 1. The molecule has 14 heavy (non-hydrogen) atoms. The number of halogens is 1. The molecule has 0 bridgehead atoms. The van der Waals surface area contributed by atoms with E-state index in [1.807, 2.05) is 0 Å². The van der Waals surface area contributed by atoms with Crippen LogP contribution in [0.15, 0.2) is 0 Å². The summed E-state index contributed by atoms with van der Waals surface area (Å²) in [6.45, 7) is 4.40. The monoisotopic (exact) mass is 201 g/mol. The Morgan fingerprint density at radius 3 is 2.71 bits per heavy atom. The summed E-state index contributed by atoms with van der Waals surface area (Å²) in [5.41, 5.74) is 0. The highest BCUT2D eigenvalue weighted by Crippen LogP contribution is 2.22. The first-order valence-electron chi connectivity index (χ1n) is 6.14. The molecule has 84 valence electrons. The Labute approximate surface area is 87.5 Å². The molecule has 0 amide bonds. The van der Waals surface area contributed by atoms with Gasteiger partial charge >= 0.3 is 0 Å². The molecule has 0 aromatic rings. The standard InChI is InChI=1S/C12H24FN/c1-3-4-5-7-10(2)14-12-9-6-8-11(12)13/h10-12,14H,3-9H2,1-2H3/t10?,11-,12-/m1/s1. The van der Waals surface area contributed by atoms with Crippen molar-refractivity contribution >= 4 is 0 Å².